The Kier molecular flexibility index (Phi) is 2.92. The lowest BCUT2D eigenvalue weighted by Crippen LogP contribution is -1.98. The van der Waals surface area contributed by atoms with Crippen molar-refractivity contribution >= 4 is 5.97 Å². The summed E-state index contributed by atoms with van der Waals surface area (Å²) in [5.74, 6) is -0.368. The second kappa shape index (κ2) is 3.24. The molecule has 0 aromatic carbocycles. The third kappa shape index (κ3) is 1.78. The van der Waals surface area contributed by atoms with Gasteiger partial charge in [0.05, 0.1) is 0 Å². The van der Waals surface area contributed by atoms with Gasteiger partial charge in [-0.25, -0.2) is 4.79 Å². The van der Waals surface area contributed by atoms with Crippen LogP contribution in [-0.4, -0.2) is 5.97 Å². The molecule has 0 aromatic heterocycles. The molecule has 0 amide bonds. The molecule has 8 heavy (non-hydrogen) atoms. The van der Waals surface area contributed by atoms with E-state index in [-0.39, 0.29) is 5.97 Å². The monoisotopic (exact) mass is 113 g/mol. The third-order valence-electron chi connectivity index (χ3n) is 0.886. The van der Waals surface area contributed by atoms with E-state index in [2.05, 4.69) is 11.8 Å². The van der Waals surface area contributed by atoms with E-state index in [9.17, 15) is 4.79 Å². The molecule has 0 bridgehead atoms. The van der Waals surface area contributed by atoms with Gasteiger partial charge in [-0.1, -0.05) is 6.08 Å². The van der Waals surface area contributed by atoms with Crippen molar-refractivity contribution in [3.05, 3.63) is 18.8 Å². The van der Waals surface area contributed by atoms with Crippen molar-refractivity contribution in [3.8, 4) is 0 Å². The van der Waals surface area contributed by atoms with Crippen LogP contribution < -0.4 is 0 Å². The quantitative estimate of drug-likeness (QED) is 0.378. The molecule has 0 aliphatic rings. The summed E-state index contributed by atoms with van der Waals surface area (Å²) in [6.45, 7) is 3.44. The van der Waals surface area contributed by atoms with E-state index in [0.717, 1.165) is 0 Å². The number of hydrogen-bond acceptors (Lipinski definition) is 2. The molecule has 0 rings (SSSR count). The molecule has 0 spiro atoms. The maximum atomic E-state index is 10.4. The summed E-state index contributed by atoms with van der Waals surface area (Å²) in [7, 11) is 2.96. The highest BCUT2D eigenvalue weighted by atomic mass is 16.5. The molecule has 0 unspecified atom stereocenters. The smallest absolute Gasteiger partial charge is 0.333 e. The zero-order valence-corrected chi connectivity index (χ0v) is 5.10. The number of rotatable bonds is 1. The SMILES string of the molecule is [CH2]OC(=O)C(C)=CC. The Morgan fingerprint density at radius 1 is 1.75 bits per heavy atom. The predicted octanol–water partition coefficient (Wildman–Crippen LogP) is 1.29. The van der Waals surface area contributed by atoms with Crippen LogP contribution in [0.25, 0.3) is 0 Å². The van der Waals surface area contributed by atoms with Gasteiger partial charge in [-0.15, -0.1) is 0 Å². The van der Waals surface area contributed by atoms with Crippen LogP contribution in [0.1, 0.15) is 13.8 Å². The van der Waals surface area contributed by atoms with Crippen molar-refractivity contribution < 1.29 is 9.53 Å². The van der Waals surface area contributed by atoms with E-state index in [1.54, 1.807) is 19.9 Å². The van der Waals surface area contributed by atoms with Crippen molar-refractivity contribution in [3.63, 3.8) is 0 Å². The highest BCUT2D eigenvalue weighted by Crippen LogP contribution is 1.93. The zero-order valence-electron chi connectivity index (χ0n) is 5.10. The minimum absolute atomic E-state index is 0.368. The first-order valence-corrected chi connectivity index (χ1v) is 2.31. The number of hydrogen-bond donors (Lipinski definition) is 0. The van der Waals surface area contributed by atoms with Crippen LogP contribution in [-0.2, 0) is 9.53 Å². The Morgan fingerprint density at radius 2 is 2.25 bits per heavy atom. The molecule has 0 saturated carbocycles. The first kappa shape index (κ1) is 7.21. The number of ether oxygens (including phenoxy) is 1. The van der Waals surface area contributed by atoms with Crippen LogP contribution in [0.5, 0.6) is 0 Å². The Hall–Kier alpha value is -0.790. The first-order chi connectivity index (χ1) is 3.72. The lowest BCUT2D eigenvalue weighted by atomic mass is 10.3. The fourth-order valence-electron chi connectivity index (χ4n) is 0.232. The van der Waals surface area contributed by atoms with Gasteiger partial charge in [0.15, 0.2) is 0 Å². The highest BCUT2D eigenvalue weighted by Gasteiger charge is 1.98. The van der Waals surface area contributed by atoms with Crippen LogP contribution in [0.4, 0.5) is 0 Å². The Balaban J connectivity index is 3.83. The second-order valence-corrected chi connectivity index (χ2v) is 1.40. The van der Waals surface area contributed by atoms with Gasteiger partial charge in [0.1, 0.15) is 7.11 Å². The third-order valence-corrected chi connectivity index (χ3v) is 0.886. The van der Waals surface area contributed by atoms with Crippen LogP contribution in [0.3, 0.4) is 0 Å². The van der Waals surface area contributed by atoms with E-state index >= 15 is 0 Å². The van der Waals surface area contributed by atoms with Crippen molar-refractivity contribution in [2.45, 2.75) is 13.8 Å². The Morgan fingerprint density at radius 3 is 2.38 bits per heavy atom. The van der Waals surface area contributed by atoms with E-state index < -0.39 is 0 Å². The molecule has 0 aliphatic heterocycles. The van der Waals surface area contributed by atoms with Crippen molar-refractivity contribution in [2.75, 3.05) is 0 Å². The summed E-state index contributed by atoms with van der Waals surface area (Å²) in [4.78, 5) is 10.4. The van der Waals surface area contributed by atoms with Gasteiger partial charge < -0.3 is 4.74 Å². The molecule has 2 heteroatoms. The lowest BCUT2D eigenvalue weighted by molar-refractivity contribution is -0.133. The molecule has 45 valence electrons. The highest BCUT2D eigenvalue weighted by molar-refractivity contribution is 5.87. The van der Waals surface area contributed by atoms with E-state index in [4.69, 9.17) is 0 Å². The minimum atomic E-state index is -0.368. The van der Waals surface area contributed by atoms with Crippen molar-refractivity contribution in [1.82, 2.24) is 0 Å². The lowest BCUT2D eigenvalue weighted by Gasteiger charge is -1.93. The average Bonchev–Trinajstić information content (AvgIpc) is 1.84. The molecule has 0 aliphatic carbocycles. The largest absolute Gasteiger partial charge is 0.459 e. The predicted molar refractivity (Wildman–Crippen MR) is 30.9 cm³/mol. The van der Waals surface area contributed by atoms with Gasteiger partial charge in [-0.3, -0.25) is 0 Å². The Bertz CT molecular complexity index is 114. The Labute approximate surface area is 49.1 Å². The van der Waals surface area contributed by atoms with E-state index in [0.29, 0.717) is 5.57 Å². The first-order valence-electron chi connectivity index (χ1n) is 2.31. The number of allylic oxidation sites excluding steroid dienone is 1. The van der Waals surface area contributed by atoms with Crippen LogP contribution >= 0.6 is 0 Å². The van der Waals surface area contributed by atoms with Crippen LogP contribution in [0.2, 0.25) is 0 Å². The summed E-state index contributed by atoms with van der Waals surface area (Å²) in [6, 6.07) is 0. The zero-order chi connectivity index (χ0) is 6.57. The van der Waals surface area contributed by atoms with Crippen LogP contribution in [0.15, 0.2) is 11.6 Å². The summed E-state index contributed by atoms with van der Waals surface area (Å²) in [5.41, 5.74) is 0.583. The van der Waals surface area contributed by atoms with Gasteiger partial charge >= 0.3 is 5.97 Å². The molecule has 2 nitrogen and oxygen atoms in total. The number of carbonyl (C=O) groups excluding carboxylic acids is 1. The summed E-state index contributed by atoms with van der Waals surface area (Å²) < 4.78 is 4.15. The van der Waals surface area contributed by atoms with Gasteiger partial charge in [-0.05, 0) is 13.8 Å². The molecule has 0 atom stereocenters. The number of esters is 1. The van der Waals surface area contributed by atoms with Gasteiger partial charge in [0, 0.05) is 5.57 Å². The topological polar surface area (TPSA) is 26.3 Å². The molecule has 1 radical (unpaired) electrons. The molecule has 0 saturated heterocycles. The fraction of sp³-hybridized carbons (Fsp3) is 0.333. The van der Waals surface area contributed by atoms with Crippen molar-refractivity contribution in [1.29, 1.82) is 0 Å². The standard InChI is InChI=1S/C6H9O2/c1-4-5(2)6(7)8-3/h4H,3H2,1-2H3. The van der Waals surface area contributed by atoms with Gasteiger partial charge in [-0.2, -0.15) is 0 Å². The maximum absolute atomic E-state index is 10.4. The number of carbonyl (C=O) groups is 1. The van der Waals surface area contributed by atoms with E-state index in [1.807, 2.05) is 0 Å². The van der Waals surface area contributed by atoms with Crippen LogP contribution in [0, 0.1) is 7.11 Å². The normalized spacial score (nSPS) is 11.1. The summed E-state index contributed by atoms with van der Waals surface area (Å²) in [6.07, 6.45) is 1.67. The van der Waals surface area contributed by atoms with Gasteiger partial charge in [0.25, 0.3) is 0 Å². The van der Waals surface area contributed by atoms with E-state index in [1.165, 1.54) is 0 Å². The fourth-order valence-corrected chi connectivity index (χ4v) is 0.232. The minimum Gasteiger partial charge on any atom is -0.459 e. The molecule has 0 fully saturated rings. The van der Waals surface area contributed by atoms with Gasteiger partial charge in [0.2, 0.25) is 0 Å². The molecule has 0 heterocycles. The maximum Gasteiger partial charge on any atom is 0.333 e. The summed E-state index contributed by atoms with van der Waals surface area (Å²) >= 11 is 0. The average molecular weight is 113 g/mol. The molecular formula is C6H9O2. The molecule has 0 aromatic rings. The molecular weight excluding hydrogens is 104 g/mol. The summed E-state index contributed by atoms with van der Waals surface area (Å²) in [5, 5.41) is 0. The second-order valence-electron chi connectivity index (χ2n) is 1.40. The van der Waals surface area contributed by atoms with Crippen molar-refractivity contribution in [2.24, 2.45) is 0 Å². The molecule has 0 N–H and O–H groups in total.